The van der Waals surface area contributed by atoms with Crippen LogP contribution in [0.2, 0.25) is 0 Å². The second-order valence-corrected chi connectivity index (χ2v) is 10.7. The number of hydrogen-bond acceptors (Lipinski definition) is 9. The van der Waals surface area contributed by atoms with Crippen molar-refractivity contribution in [3.63, 3.8) is 0 Å². The van der Waals surface area contributed by atoms with Crippen LogP contribution in [0.3, 0.4) is 0 Å². The molecule has 36 heavy (non-hydrogen) atoms. The first-order valence-corrected chi connectivity index (χ1v) is 13.4. The maximum atomic E-state index is 5.54. The maximum Gasteiger partial charge on any atom is 0.227 e. The number of fused-ring (bicyclic) bond motifs is 1. The van der Waals surface area contributed by atoms with Gasteiger partial charge in [-0.25, -0.2) is 15.0 Å². The Balaban J connectivity index is 1.23. The van der Waals surface area contributed by atoms with Gasteiger partial charge in [0.1, 0.15) is 16.6 Å². The number of hydrogen-bond donors (Lipinski definition) is 1. The minimum Gasteiger partial charge on any atom is -0.381 e. The molecule has 0 saturated carbocycles. The molecule has 6 rings (SSSR count). The molecule has 4 aromatic rings. The van der Waals surface area contributed by atoms with E-state index < -0.39 is 0 Å². The van der Waals surface area contributed by atoms with Gasteiger partial charge in [-0.15, -0.1) is 11.3 Å². The number of anilines is 3. The number of pyridine rings is 1. The molecule has 3 aromatic heterocycles. The van der Waals surface area contributed by atoms with Gasteiger partial charge in [-0.1, -0.05) is 18.2 Å². The van der Waals surface area contributed by atoms with Crippen LogP contribution in [-0.2, 0) is 4.74 Å². The Morgan fingerprint density at radius 2 is 1.81 bits per heavy atom. The van der Waals surface area contributed by atoms with E-state index in [9.17, 15) is 0 Å². The Hall–Kier alpha value is -3.14. The van der Waals surface area contributed by atoms with E-state index in [2.05, 4.69) is 56.4 Å². The van der Waals surface area contributed by atoms with E-state index >= 15 is 0 Å². The molecule has 0 aliphatic carbocycles. The third-order valence-corrected chi connectivity index (χ3v) is 8.04. The molecule has 2 saturated heterocycles. The lowest BCUT2D eigenvalue weighted by molar-refractivity contribution is 0.0853. The van der Waals surface area contributed by atoms with E-state index in [4.69, 9.17) is 14.7 Å². The van der Waals surface area contributed by atoms with Crippen LogP contribution in [-0.4, -0.2) is 71.3 Å². The van der Waals surface area contributed by atoms with Gasteiger partial charge >= 0.3 is 0 Å². The van der Waals surface area contributed by atoms with E-state index in [0.29, 0.717) is 5.92 Å². The van der Waals surface area contributed by atoms with Gasteiger partial charge in [-0.2, -0.15) is 4.98 Å². The molecule has 0 radical (unpaired) electrons. The highest BCUT2D eigenvalue weighted by Crippen LogP contribution is 2.34. The Bertz CT molecular complexity index is 1360. The average molecular weight is 502 g/mol. The number of benzene rings is 1. The molecule has 2 aliphatic heterocycles. The minimum absolute atomic E-state index is 0.567. The second kappa shape index (κ2) is 10.1. The number of likely N-dealkylation sites (N-methyl/N-ethyl adjacent to an activating group) is 1. The lowest BCUT2D eigenvalue weighted by Gasteiger charge is -2.32. The van der Waals surface area contributed by atoms with Crippen molar-refractivity contribution in [2.24, 2.45) is 0 Å². The Kier molecular flexibility index (Phi) is 6.52. The summed E-state index contributed by atoms with van der Waals surface area (Å²) in [4.78, 5) is 23.6. The van der Waals surface area contributed by atoms with Gasteiger partial charge in [-0.05, 0) is 44.4 Å². The largest absolute Gasteiger partial charge is 0.381 e. The number of thiazole rings is 1. The number of nitrogens with one attached hydrogen (secondary N) is 1. The fourth-order valence-corrected chi connectivity index (χ4v) is 5.79. The van der Waals surface area contributed by atoms with Crippen molar-refractivity contribution in [3.05, 3.63) is 53.9 Å². The molecule has 0 atom stereocenters. The normalized spacial score (nSPS) is 17.6. The monoisotopic (exact) mass is 501 g/mol. The molecule has 1 N–H and O–H groups in total. The van der Waals surface area contributed by atoms with Crippen molar-refractivity contribution in [2.45, 2.75) is 25.7 Å². The van der Waals surface area contributed by atoms with Gasteiger partial charge in [0.05, 0.1) is 10.2 Å². The smallest absolute Gasteiger partial charge is 0.227 e. The fourth-order valence-electron chi connectivity index (χ4n) is 4.88. The molecule has 9 heteroatoms. The first-order chi connectivity index (χ1) is 17.6. The van der Waals surface area contributed by atoms with Gasteiger partial charge in [0.25, 0.3) is 0 Å². The summed E-state index contributed by atoms with van der Waals surface area (Å²) in [6.07, 6.45) is 4.07. The van der Waals surface area contributed by atoms with Crippen LogP contribution in [0.25, 0.3) is 20.8 Å². The van der Waals surface area contributed by atoms with Crippen LogP contribution in [0.5, 0.6) is 0 Å². The van der Waals surface area contributed by atoms with Crippen LogP contribution >= 0.6 is 11.3 Å². The van der Waals surface area contributed by atoms with Crippen LogP contribution in [0, 0.1) is 6.92 Å². The van der Waals surface area contributed by atoms with Gasteiger partial charge in [0.15, 0.2) is 0 Å². The highest BCUT2D eigenvalue weighted by molar-refractivity contribution is 7.21. The molecule has 0 unspecified atom stereocenters. The number of nitrogens with zero attached hydrogens (tertiary/aromatic N) is 6. The molecule has 1 aromatic carbocycles. The average Bonchev–Trinajstić information content (AvgIpc) is 3.33. The number of aromatic nitrogens is 4. The molecule has 2 fully saturated rings. The van der Waals surface area contributed by atoms with Gasteiger partial charge in [-0.3, -0.25) is 0 Å². The van der Waals surface area contributed by atoms with E-state index in [0.717, 1.165) is 96.3 Å². The highest BCUT2D eigenvalue weighted by Gasteiger charge is 2.19. The van der Waals surface area contributed by atoms with Crippen LogP contribution < -0.4 is 10.2 Å². The first-order valence-electron chi connectivity index (χ1n) is 12.6. The summed E-state index contributed by atoms with van der Waals surface area (Å²) >= 11 is 1.68. The van der Waals surface area contributed by atoms with E-state index in [1.165, 1.54) is 5.56 Å². The Morgan fingerprint density at radius 3 is 2.64 bits per heavy atom. The zero-order valence-corrected chi connectivity index (χ0v) is 21.6. The van der Waals surface area contributed by atoms with Crippen LogP contribution in [0.1, 0.15) is 30.0 Å². The highest BCUT2D eigenvalue weighted by atomic mass is 32.1. The summed E-state index contributed by atoms with van der Waals surface area (Å²) in [7, 11) is 2.15. The summed E-state index contributed by atoms with van der Waals surface area (Å²) < 4.78 is 6.62. The summed E-state index contributed by atoms with van der Waals surface area (Å²) in [6, 6.07) is 12.8. The second-order valence-electron chi connectivity index (χ2n) is 9.68. The van der Waals surface area contributed by atoms with Gasteiger partial charge in [0, 0.05) is 69.0 Å². The molecule has 0 amide bonds. The molecule has 186 valence electrons. The maximum absolute atomic E-state index is 5.54. The Labute approximate surface area is 215 Å². The van der Waals surface area contributed by atoms with Crippen molar-refractivity contribution < 1.29 is 4.74 Å². The van der Waals surface area contributed by atoms with Gasteiger partial charge < -0.3 is 19.9 Å². The third kappa shape index (κ3) is 5.04. The summed E-state index contributed by atoms with van der Waals surface area (Å²) in [6.45, 7) is 7.59. The lowest BCUT2D eigenvalue weighted by atomic mass is 9.91. The molecule has 2 aliphatic rings. The topological polar surface area (TPSA) is 79.3 Å². The molecular weight excluding hydrogens is 470 g/mol. The predicted molar refractivity (Wildman–Crippen MR) is 145 cm³/mol. The zero-order chi connectivity index (χ0) is 24.5. The SMILES string of the molecule is Cc1cc(Nc2cc3nc(-c4cccc(C5CCOCC5)c4)sc3cn2)nc(N2CCN(C)CC2)n1. The van der Waals surface area contributed by atoms with Crippen molar-refractivity contribution in [3.8, 4) is 10.6 Å². The molecule has 0 spiro atoms. The Morgan fingerprint density at radius 1 is 0.972 bits per heavy atom. The quantitative estimate of drug-likeness (QED) is 0.416. The van der Waals surface area contributed by atoms with E-state index in [-0.39, 0.29) is 0 Å². The number of aryl methyl sites for hydroxylation is 1. The lowest BCUT2D eigenvalue weighted by Crippen LogP contribution is -2.45. The van der Waals surface area contributed by atoms with Crippen molar-refractivity contribution in [1.29, 1.82) is 0 Å². The van der Waals surface area contributed by atoms with Gasteiger partial charge in [0.2, 0.25) is 5.95 Å². The zero-order valence-electron chi connectivity index (χ0n) is 20.8. The van der Waals surface area contributed by atoms with Crippen LogP contribution in [0.15, 0.2) is 42.6 Å². The van der Waals surface area contributed by atoms with Crippen molar-refractivity contribution in [2.75, 3.05) is 56.7 Å². The molecule has 8 nitrogen and oxygen atoms in total. The fraction of sp³-hybridized carbons (Fsp3) is 0.407. The summed E-state index contributed by atoms with van der Waals surface area (Å²) in [5, 5.41) is 4.40. The van der Waals surface area contributed by atoms with E-state index in [1.807, 2.05) is 25.3 Å². The predicted octanol–water partition coefficient (Wildman–Crippen LogP) is 4.85. The number of rotatable bonds is 5. The first kappa shape index (κ1) is 23.3. The van der Waals surface area contributed by atoms with Crippen molar-refractivity contribution in [1.82, 2.24) is 24.8 Å². The summed E-state index contributed by atoms with van der Waals surface area (Å²) in [5.74, 6) is 2.82. The molecular formula is C27H31N7OS. The van der Waals surface area contributed by atoms with Crippen molar-refractivity contribution >= 4 is 39.1 Å². The van der Waals surface area contributed by atoms with E-state index in [1.54, 1.807) is 11.3 Å². The number of ether oxygens (including phenoxy) is 1. The molecule has 5 heterocycles. The third-order valence-electron chi connectivity index (χ3n) is 6.99. The summed E-state index contributed by atoms with van der Waals surface area (Å²) in [5.41, 5.74) is 4.42. The van der Waals surface area contributed by atoms with Crippen LogP contribution in [0.4, 0.5) is 17.6 Å². The standard InChI is InChI=1S/C27H31N7OS/c1-18-14-25(32-27(29-18)34-10-8-33(2)9-11-34)31-24-16-22-23(17-28-24)36-26(30-22)21-5-3-4-20(15-21)19-6-12-35-13-7-19/h3-5,14-17,19H,6-13H2,1-2H3,(H,28,29,31,32). The minimum atomic E-state index is 0.567. The number of piperazine rings is 1. The molecule has 0 bridgehead atoms.